The Morgan fingerprint density at radius 2 is 1.81 bits per heavy atom. The summed E-state index contributed by atoms with van der Waals surface area (Å²) in [4.78, 5) is 12.6. The number of halogens is 1. The van der Waals surface area contributed by atoms with Gasteiger partial charge in [0.05, 0.1) is 32.6 Å². The number of hydrogen-bond donors (Lipinski definition) is 2. The number of rotatable bonds is 5. The van der Waals surface area contributed by atoms with Crippen LogP contribution in [0.3, 0.4) is 0 Å². The van der Waals surface area contributed by atoms with Crippen LogP contribution in [0.15, 0.2) is 34.8 Å². The molecule has 26 heavy (non-hydrogen) atoms. The molecule has 6 nitrogen and oxygen atoms in total. The van der Waals surface area contributed by atoms with Crippen LogP contribution in [0.4, 0.5) is 5.69 Å². The van der Waals surface area contributed by atoms with Crippen molar-refractivity contribution in [3.05, 3.63) is 45.9 Å². The summed E-state index contributed by atoms with van der Waals surface area (Å²) in [6.07, 6.45) is 0. The summed E-state index contributed by atoms with van der Waals surface area (Å²) >= 11 is 8.64. The molecule has 0 atom stereocenters. The molecule has 0 aliphatic rings. The molecule has 0 fully saturated rings. The monoisotopic (exact) mass is 438 g/mol. The molecular weight excluding hydrogens is 420 g/mol. The van der Waals surface area contributed by atoms with Gasteiger partial charge in [0, 0.05) is 10.5 Å². The Labute approximate surface area is 166 Å². The molecular formula is C18H19BrN2O4S. The van der Waals surface area contributed by atoms with Crippen molar-refractivity contribution < 1.29 is 19.0 Å². The number of aryl methyl sites for hydroxylation is 1. The Bertz CT molecular complexity index is 842. The first kappa shape index (κ1) is 20.0. The van der Waals surface area contributed by atoms with Crippen LogP contribution in [0.25, 0.3) is 0 Å². The maximum Gasteiger partial charge on any atom is 0.261 e. The minimum absolute atomic E-state index is 0.126. The molecule has 0 aromatic heterocycles. The Morgan fingerprint density at radius 1 is 1.08 bits per heavy atom. The predicted octanol–water partition coefficient (Wildman–Crippen LogP) is 3.91. The lowest BCUT2D eigenvalue weighted by atomic mass is 10.1. The molecule has 0 saturated heterocycles. The van der Waals surface area contributed by atoms with E-state index in [1.54, 1.807) is 38.5 Å². The van der Waals surface area contributed by atoms with Gasteiger partial charge in [0.25, 0.3) is 5.91 Å². The Morgan fingerprint density at radius 3 is 2.42 bits per heavy atom. The van der Waals surface area contributed by atoms with Gasteiger partial charge in [0.15, 0.2) is 5.11 Å². The number of ether oxygens (including phenoxy) is 3. The number of benzene rings is 2. The third-order valence-corrected chi connectivity index (χ3v) is 4.23. The van der Waals surface area contributed by atoms with E-state index >= 15 is 0 Å². The Kier molecular flexibility index (Phi) is 6.82. The maximum absolute atomic E-state index is 12.6. The van der Waals surface area contributed by atoms with Crippen molar-refractivity contribution in [3.63, 3.8) is 0 Å². The number of thiocarbonyl (C=S) groups is 1. The van der Waals surface area contributed by atoms with E-state index in [9.17, 15) is 4.79 Å². The molecule has 0 unspecified atom stereocenters. The van der Waals surface area contributed by atoms with Crippen molar-refractivity contribution in [2.24, 2.45) is 0 Å². The van der Waals surface area contributed by atoms with E-state index in [0.29, 0.717) is 28.5 Å². The highest BCUT2D eigenvalue weighted by atomic mass is 79.9. The third-order valence-electron chi connectivity index (χ3n) is 3.57. The van der Waals surface area contributed by atoms with Crippen LogP contribution in [-0.2, 0) is 0 Å². The summed E-state index contributed by atoms with van der Waals surface area (Å²) in [6.45, 7) is 1.86. The highest BCUT2D eigenvalue weighted by Crippen LogP contribution is 2.29. The number of hydrogen-bond acceptors (Lipinski definition) is 5. The number of carbonyl (C=O) groups excluding carboxylic acids is 1. The Hall–Kier alpha value is -2.32. The van der Waals surface area contributed by atoms with Gasteiger partial charge >= 0.3 is 0 Å². The Balaban J connectivity index is 2.20. The lowest BCUT2D eigenvalue weighted by Crippen LogP contribution is -2.34. The normalized spacial score (nSPS) is 10.0. The molecule has 0 bridgehead atoms. The van der Waals surface area contributed by atoms with Gasteiger partial charge in [-0.2, -0.15) is 0 Å². The molecule has 0 aliphatic heterocycles. The topological polar surface area (TPSA) is 68.8 Å². The average molecular weight is 439 g/mol. The molecule has 0 saturated carbocycles. The van der Waals surface area contributed by atoms with E-state index in [1.807, 2.05) is 13.0 Å². The SMILES string of the molecule is COc1ccc(OC)c(NC(=S)NC(=O)c2cc(Br)cc(C)c2OC)c1. The molecule has 0 heterocycles. The molecule has 0 aliphatic carbocycles. The lowest BCUT2D eigenvalue weighted by molar-refractivity contribution is 0.0974. The first-order valence-electron chi connectivity index (χ1n) is 7.58. The van der Waals surface area contributed by atoms with E-state index in [1.165, 1.54) is 7.11 Å². The molecule has 0 radical (unpaired) electrons. The van der Waals surface area contributed by atoms with Crippen molar-refractivity contribution in [1.82, 2.24) is 5.32 Å². The number of amides is 1. The smallest absolute Gasteiger partial charge is 0.261 e. The minimum Gasteiger partial charge on any atom is -0.497 e. The lowest BCUT2D eigenvalue weighted by Gasteiger charge is -2.15. The van der Waals surface area contributed by atoms with Crippen LogP contribution in [0.1, 0.15) is 15.9 Å². The summed E-state index contributed by atoms with van der Waals surface area (Å²) < 4.78 is 16.6. The summed E-state index contributed by atoms with van der Waals surface area (Å²) in [5.74, 6) is 1.31. The largest absolute Gasteiger partial charge is 0.497 e. The highest BCUT2D eigenvalue weighted by Gasteiger charge is 2.17. The van der Waals surface area contributed by atoms with E-state index < -0.39 is 0 Å². The summed E-state index contributed by atoms with van der Waals surface area (Å²) in [5.41, 5.74) is 1.79. The fourth-order valence-corrected chi connectivity index (χ4v) is 3.18. The standard InChI is InChI=1S/C18H19BrN2O4S/c1-10-7-11(19)8-13(16(10)25-4)17(22)21-18(26)20-14-9-12(23-2)5-6-15(14)24-3/h5-9H,1-4H3,(H2,20,21,22,26). The first-order valence-corrected chi connectivity index (χ1v) is 8.78. The third kappa shape index (κ3) is 4.64. The summed E-state index contributed by atoms with van der Waals surface area (Å²) in [7, 11) is 4.63. The molecule has 2 N–H and O–H groups in total. The number of nitrogens with one attached hydrogen (secondary N) is 2. The van der Waals surface area contributed by atoms with Gasteiger partial charge < -0.3 is 19.5 Å². The zero-order valence-corrected chi connectivity index (χ0v) is 17.2. The fourth-order valence-electron chi connectivity index (χ4n) is 2.41. The number of anilines is 1. The molecule has 1 amide bonds. The zero-order chi connectivity index (χ0) is 19.3. The molecule has 2 aromatic rings. The summed E-state index contributed by atoms with van der Waals surface area (Å²) in [5, 5.41) is 5.72. The van der Waals surface area contributed by atoms with Gasteiger partial charge in [-0.1, -0.05) is 15.9 Å². The van der Waals surface area contributed by atoms with Crippen molar-refractivity contribution in [1.29, 1.82) is 0 Å². The van der Waals surface area contributed by atoms with E-state index in [4.69, 9.17) is 26.4 Å². The second kappa shape index (κ2) is 8.86. The van der Waals surface area contributed by atoms with Gasteiger partial charge in [-0.05, 0) is 49.0 Å². The van der Waals surface area contributed by atoms with Crippen LogP contribution < -0.4 is 24.8 Å². The average Bonchev–Trinajstić information content (AvgIpc) is 2.60. The quantitative estimate of drug-likeness (QED) is 0.689. The van der Waals surface area contributed by atoms with Crippen LogP contribution >= 0.6 is 28.1 Å². The maximum atomic E-state index is 12.6. The van der Waals surface area contributed by atoms with Gasteiger partial charge in [-0.3, -0.25) is 10.1 Å². The molecule has 2 rings (SSSR count). The van der Waals surface area contributed by atoms with Crippen molar-refractivity contribution >= 4 is 44.9 Å². The van der Waals surface area contributed by atoms with Crippen LogP contribution in [0.2, 0.25) is 0 Å². The second-order valence-electron chi connectivity index (χ2n) is 5.28. The van der Waals surface area contributed by atoms with Crippen molar-refractivity contribution in [3.8, 4) is 17.2 Å². The van der Waals surface area contributed by atoms with Crippen molar-refractivity contribution in [2.75, 3.05) is 26.6 Å². The van der Waals surface area contributed by atoms with Crippen LogP contribution in [-0.4, -0.2) is 32.3 Å². The highest BCUT2D eigenvalue weighted by molar-refractivity contribution is 9.10. The molecule has 8 heteroatoms. The number of carbonyl (C=O) groups is 1. The van der Waals surface area contributed by atoms with E-state index in [0.717, 1.165) is 10.0 Å². The number of methoxy groups -OCH3 is 3. The predicted molar refractivity (Wildman–Crippen MR) is 109 cm³/mol. The first-order chi connectivity index (χ1) is 12.4. The zero-order valence-electron chi connectivity index (χ0n) is 14.8. The van der Waals surface area contributed by atoms with Crippen LogP contribution in [0.5, 0.6) is 17.2 Å². The van der Waals surface area contributed by atoms with Crippen molar-refractivity contribution in [2.45, 2.75) is 6.92 Å². The van der Waals surface area contributed by atoms with E-state index in [-0.39, 0.29) is 11.0 Å². The van der Waals surface area contributed by atoms with Gasteiger partial charge in [0.1, 0.15) is 17.2 Å². The van der Waals surface area contributed by atoms with Crippen LogP contribution in [0, 0.1) is 6.92 Å². The molecule has 0 spiro atoms. The molecule has 2 aromatic carbocycles. The van der Waals surface area contributed by atoms with Gasteiger partial charge in [-0.15, -0.1) is 0 Å². The van der Waals surface area contributed by atoms with Gasteiger partial charge in [-0.25, -0.2) is 0 Å². The fraction of sp³-hybridized carbons (Fsp3) is 0.222. The minimum atomic E-state index is -0.384. The van der Waals surface area contributed by atoms with Gasteiger partial charge in [0.2, 0.25) is 0 Å². The van der Waals surface area contributed by atoms with E-state index in [2.05, 4.69) is 26.6 Å². The summed E-state index contributed by atoms with van der Waals surface area (Å²) in [6, 6.07) is 8.78. The molecule has 138 valence electrons. The second-order valence-corrected chi connectivity index (χ2v) is 6.60.